The van der Waals surface area contributed by atoms with Gasteiger partial charge >= 0.3 is 0 Å². The van der Waals surface area contributed by atoms with Crippen molar-refractivity contribution in [2.45, 2.75) is 6.10 Å². The number of aromatic nitrogens is 1. The minimum absolute atomic E-state index is 0.0537. The molecule has 5 heteroatoms. The van der Waals surface area contributed by atoms with Gasteiger partial charge < -0.3 is 9.64 Å². The number of hydrogen-bond donors (Lipinski definition) is 0. The number of amides is 1. The Bertz CT molecular complexity index is 946. The Labute approximate surface area is 190 Å². The lowest BCUT2D eigenvalue weighted by atomic mass is 10.0. The van der Waals surface area contributed by atoms with Crippen LogP contribution in [0, 0.1) is 0 Å². The molecule has 164 valence electrons. The molecule has 1 saturated heterocycles. The molecule has 1 aliphatic rings. The molecule has 1 amide bonds. The zero-order chi connectivity index (χ0) is 22.0. The lowest BCUT2D eigenvalue weighted by Crippen LogP contribution is -2.49. The van der Waals surface area contributed by atoms with Crippen molar-refractivity contribution in [1.29, 1.82) is 0 Å². The fourth-order valence-electron chi connectivity index (χ4n) is 3.88. The first-order valence-electron chi connectivity index (χ1n) is 11.1. The quantitative estimate of drug-likeness (QED) is 0.509. The van der Waals surface area contributed by atoms with Gasteiger partial charge in [0.25, 0.3) is 0 Å². The number of pyridine rings is 1. The number of benzene rings is 2. The fraction of sp³-hybridized carbons (Fsp3) is 0.259. The van der Waals surface area contributed by atoms with Crippen LogP contribution in [0.15, 0.2) is 91.3 Å². The van der Waals surface area contributed by atoms with E-state index in [4.69, 9.17) is 4.74 Å². The molecule has 0 radical (unpaired) electrons. The lowest BCUT2D eigenvalue weighted by Gasteiger charge is -2.34. The number of piperazine rings is 1. The molecular formula is C27H29N3O2. The Balaban J connectivity index is 1.25. The number of carbonyl (C=O) groups excluding carboxylic acids is 1. The Hall–Kier alpha value is -3.28. The molecule has 0 spiro atoms. The zero-order valence-corrected chi connectivity index (χ0v) is 18.2. The second-order valence-corrected chi connectivity index (χ2v) is 7.86. The molecule has 32 heavy (non-hydrogen) atoms. The number of rotatable bonds is 8. The molecule has 0 N–H and O–H groups in total. The van der Waals surface area contributed by atoms with Gasteiger partial charge in [-0.3, -0.25) is 14.7 Å². The van der Waals surface area contributed by atoms with Crippen molar-refractivity contribution in [2.24, 2.45) is 0 Å². The molecule has 1 aliphatic heterocycles. The fourth-order valence-corrected chi connectivity index (χ4v) is 3.88. The standard InChI is InChI=1S/C27H29N3O2/c31-26(14-13-23-8-7-15-28-22-23)30-18-16-29(17-19-30)20-21-32-27(24-9-3-1-4-10-24)25-11-5-2-6-12-25/h1-15,22,27H,16-21H2/b14-13+. The summed E-state index contributed by atoms with van der Waals surface area (Å²) >= 11 is 0. The predicted molar refractivity (Wildman–Crippen MR) is 127 cm³/mol. The third-order valence-electron chi connectivity index (χ3n) is 5.68. The van der Waals surface area contributed by atoms with Gasteiger partial charge in [0.1, 0.15) is 6.10 Å². The minimum atomic E-state index is -0.0714. The van der Waals surface area contributed by atoms with Crippen molar-refractivity contribution in [3.8, 4) is 0 Å². The van der Waals surface area contributed by atoms with Gasteiger partial charge in [-0.1, -0.05) is 66.7 Å². The van der Waals surface area contributed by atoms with Crippen LogP contribution in [0.25, 0.3) is 6.08 Å². The predicted octanol–water partition coefficient (Wildman–Crippen LogP) is 4.05. The number of carbonyl (C=O) groups is 1. The van der Waals surface area contributed by atoms with E-state index in [-0.39, 0.29) is 12.0 Å². The number of hydrogen-bond acceptors (Lipinski definition) is 4. The van der Waals surface area contributed by atoms with Gasteiger partial charge in [-0.2, -0.15) is 0 Å². The normalized spacial score (nSPS) is 14.8. The third-order valence-corrected chi connectivity index (χ3v) is 5.68. The summed E-state index contributed by atoms with van der Waals surface area (Å²) in [5.74, 6) is 0.0537. The lowest BCUT2D eigenvalue weighted by molar-refractivity contribution is -0.127. The highest BCUT2D eigenvalue weighted by molar-refractivity contribution is 5.91. The second kappa shape index (κ2) is 11.4. The summed E-state index contributed by atoms with van der Waals surface area (Å²) in [5, 5.41) is 0. The Morgan fingerprint density at radius 2 is 1.56 bits per heavy atom. The van der Waals surface area contributed by atoms with Crippen LogP contribution in [0.5, 0.6) is 0 Å². The van der Waals surface area contributed by atoms with Crippen LogP contribution in [-0.2, 0) is 9.53 Å². The summed E-state index contributed by atoms with van der Waals surface area (Å²) in [7, 11) is 0. The zero-order valence-electron chi connectivity index (χ0n) is 18.2. The molecule has 2 heterocycles. The van der Waals surface area contributed by atoms with E-state index in [2.05, 4.69) is 34.1 Å². The molecule has 3 aromatic rings. The van der Waals surface area contributed by atoms with Crippen molar-refractivity contribution in [3.05, 3.63) is 108 Å². The average Bonchev–Trinajstić information content (AvgIpc) is 2.87. The summed E-state index contributed by atoms with van der Waals surface area (Å²) in [4.78, 5) is 20.8. The van der Waals surface area contributed by atoms with E-state index in [0.717, 1.165) is 49.4 Å². The van der Waals surface area contributed by atoms with Gasteiger partial charge in [0.2, 0.25) is 5.91 Å². The van der Waals surface area contributed by atoms with E-state index < -0.39 is 0 Å². The van der Waals surface area contributed by atoms with Crippen molar-refractivity contribution in [1.82, 2.24) is 14.8 Å². The van der Waals surface area contributed by atoms with Crippen LogP contribution in [0.3, 0.4) is 0 Å². The second-order valence-electron chi connectivity index (χ2n) is 7.86. The molecule has 1 aromatic heterocycles. The first kappa shape index (κ1) is 21.9. The molecule has 5 nitrogen and oxygen atoms in total. The van der Waals surface area contributed by atoms with Crippen LogP contribution in [-0.4, -0.2) is 60.0 Å². The monoisotopic (exact) mass is 427 g/mol. The van der Waals surface area contributed by atoms with E-state index in [1.54, 1.807) is 18.5 Å². The highest BCUT2D eigenvalue weighted by atomic mass is 16.5. The summed E-state index contributed by atoms with van der Waals surface area (Å²) in [5.41, 5.74) is 3.26. The van der Waals surface area contributed by atoms with Crippen LogP contribution >= 0.6 is 0 Å². The van der Waals surface area contributed by atoms with Crippen molar-refractivity contribution in [3.63, 3.8) is 0 Å². The van der Waals surface area contributed by atoms with Crippen LogP contribution < -0.4 is 0 Å². The van der Waals surface area contributed by atoms with Gasteiger partial charge in [0.15, 0.2) is 0 Å². The number of ether oxygens (including phenoxy) is 1. The Kier molecular flexibility index (Phi) is 7.79. The van der Waals surface area contributed by atoms with E-state index in [9.17, 15) is 4.79 Å². The largest absolute Gasteiger partial charge is 0.367 e. The van der Waals surface area contributed by atoms with Crippen molar-refractivity contribution < 1.29 is 9.53 Å². The van der Waals surface area contributed by atoms with Crippen LogP contribution in [0.1, 0.15) is 22.8 Å². The van der Waals surface area contributed by atoms with E-state index in [1.165, 1.54) is 0 Å². The number of nitrogens with zero attached hydrogens (tertiary/aromatic N) is 3. The summed E-state index contributed by atoms with van der Waals surface area (Å²) in [6.07, 6.45) is 6.87. The molecular weight excluding hydrogens is 398 g/mol. The highest BCUT2D eigenvalue weighted by Crippen LogP contribution is 2.25. The van der Waals surface area contributed by atoms with E-state index in [1.807, 2.05) is 59.5 Å². The minimum Gasteiger partial charge on any atom is -0.367 e. The molecule has 4 rings (SSSR count). The maximum atomic E-state index is 12.5. The first-order valence-corrected chi connectivity index (χ1v) is 11.1. The Morgan fingerprint density at radius 1 is 0.906 bits per heavy atom. The molecule has 0 aliphatic carbocycles. The summed E-state index contributed by atoms with van der Waals surface area (Å²) < 4.78 is 6.34. The van der Waals surface area contributed by atoms with E-state index in [0.29, 0.717) is 6.61 Å². The summed E-state index contributed by atoms with van der Waals surface area (Å²) in [6.45, 7) is 4.68. The molecule has 2 aromatic carbocycles. The van der Waals surface area contributed by atoms with Gasteiger partial charge in [-0.25, -0.2) is 0 Å². The maximum absolute atomic E-state index is 12.5. The van der Waals surface area contributed by atoms with Crippen LogP contribution in [0.4, 0.5) is 0 Å². The first-order chi connectivity index (χ1) is 15.8. The molecule has 0 unspecified atom stereocenters. The summed E-state index contributed by atoms with van der Waals surface area (Å²) in [6, 6.07) is 24.5. The average molecular weight is 428 g/mol. The smallest absolute Gasteiger partial charge is 0.246 e. The SMILES string of the molecule is O=C(/C=C/c1cccnc1)N1CCN(CCOC(c2ccccc2)c2ccccc2)CC1. The Morgan fingerprint density at radius 3 is 2.16 bits per heavy atom. The van der Waals surface area contributed by atoms with Crippen molar-refractivity contribution >= 4 is 12.0 Å². The molecule has 0 atom stereocenters. The molecule has 0 bridgehead atoms. The van der Waals surface area contributed by atoms with Crippen molar-refractivity contribution in [2.75, 3.05) is 39.3 Å². The maximum Gasteiger partial charge on any atom is 0.246 e. The van der Waals surface area contributed by atoms with Crippen LogP contribution in [0.2, 0.25) is 0 Å². The van der Waals surface area contributed by atoms with Gasteiger partial charge in [-0.05, 0) is 28.8 Å². The van der Waals surface area contributed by atoms with Gasteiger partial charge in [0, 0.05) is 51.2 Å². The topological polar surface area (TPSA) is 45.7 Å². The highest BCUT2D eigenvalue weighted by Gasteiger charge is 2.20. The molecule has 0 saturated carbocycles. The molecule has 1 fully saturated rings. The van der Waals surface area contributed by atoms with Gasteiger partial charge in [-0.15, -0.1) is 0 Å². The van der Waals surface area contributed by atoms with E-state index >= 15 is 0 Å². The third kappa shape index (κ3) is 6.13. The van der Waals surface area contributed by atoms with Gasteiger partial charge in [0.05, 0.1) is 6.61 Å².